The van der Waals surface area contributed by atoms with Crippen molar-refractivity contribution >= 4 is 17.4 Å². The van der Waals surface area contributed by atoms with Crippen molar-refractivity contribution in [3.63, 3.8) is 0 Å². The van der Waals surface area contributed by atoms with E-state index in [1.165, 1.54) is 27.7 Å². The Balaban J connectivity index is 2.36. The predicted molar refractivity (Wildman–Crippen MR) is 105 cm³/mol. The lowest BCUT2D eigenvalue weighted by Gasteiger charge is -2.24. The van der Waals surface area contributed by atoms with Crippen molar-refractivity contribution in [3.05, 3.63) is 50.9 Å². The lowest BCUT2D eigenvalue weighted by atomic mass is 10.2. The molecule has 0 radical (unpaired) electrons. The summed E-state index contributed by atoms with van der Waals surface area (Å²) in [5.41, 5.74) is 4.60. The second-order valence-corrected chi connectivity index (χ2v) is 6.26. The number of carbonyl (C=O) groups is 1. The lowest BCUT2D eigenvalue weighted by Crippen LogP contribution is -2.43. The van der Waals surface area contributed by atoms with Gasteiger partial charge in [-0.3, -0.25) is 19.1 Å². The molecular formula is C19H25FN4O4. The minimum absolute atomic E-state index is 0.0656. The Labute approximate surface area is 161 Å². The van der Waals surface area contributed by atoms with Crippen LogP contribution >= 0.6 is 0 Å². The van der Waals surface area contributed by atoms with Crippen molar-refractivity contribution in [1.29, 1.82) is 0 Å². The van der Waals surface area contributed by atoms with Gasteiger partial charge in [0.1, 0.15) is 5.82 Å². The Bertz CT molecular complexity index is 938. The number of nitrogens with two attached hydrogens (primary N) is 1. The normalized spacial score (nSPS) is 10.7. The van der Waals surface area contributed by atoms with E-state index in [4.69, 9.17) is 10.5 Å². The number of para-hydroxylation sites is 1. The first-order valence-electron chi connectivity index (χ1n) is 9.20. The Morgan fingerprint density at radius 2 is 1.96 bits per heavy atom. The molecule has 0 aliphatic rings. The van der Waals surface area contributed by atoms with Crippen LogP contribution in [0.1, 0.15) is 33.1 Å². The molecule has 1 amide bonds. The fourth-order valence-electron chi connectivity index (χ4n) is 2.74. The third kappa shape index (κ3) is 4.79. The number of hydrogen-bond donors (Lipinski definition) is 2. The molecule has 3 N–H and O–H groups in total. The molecule has 2 rings (SSSR count). The summed E-state index contributed by atoms with van der Waals surface area (Å²) >= 11 is 0. The molecule has 9 heteroatoms. The number of unbranched alkanes of at least 4 members (excludes halogenated alkanes) is 1. The number of nitrogen functional groups attached to an aromatic ring is 1. The van der Waals surface area contributed by atoms with Crippen LogP contribution in [0.2, 0.25) is 0 Å². The topological polar surface area (TPSA) is 110 Å². The summed E-state index contributed by atoms with van der Waals surface area (Å²) in [5.74, 6) is -1.30. The molecule has 0 unspecified atom stereocenters. The standard InChI is InChI=1S/C19H25FN4O4/c1-3-5-11-23(15(25)12-28-14-9-7-6-8-13(14)20)16-17(21)24(10-4-2)19(27)22-18(16)26/h6-9H,3-5,10-12,21H2,1-2H3,(H,22,26,27). The monoisotopic (exact) mass is 392 g/mol. The summed E-state index contributed by atoms with van der Waals surface area (Å²) < 4.78 is 20.2. The zero-order chi connectivity index (χ0) is 20.7. The maximum atomic E-state index is 13.7. The number of benzene rings is 1. The maximum absolute atomic E-state index is 13.7. The van der Waals surface area contributed by atoms with Gasteiger partial charge >= 0.3 is 5.69 Å². The van der Waals surface area contributed by atoms with Gasteiger partial charge in [-0.05, 0) is 25.0 Å². The molecule has 0 aliphatic heterocycles. The highest BCUT2D eigenvalue weighted by atomic mass is 19.1. The molecule has 0 atom stereocenters. The molecule has 0 spiro atoms. The number of hydrogen-bond acceptors (Lipinski definition) is 5. The van der Waals surface area contributed by atoms with Crippen LogP contribution in [0.5, 0.6) is 5.75 Å². The number of nitrogens with one attached hydrogen (secondary N) is 1. The molecular weight excluding hydrogens is 367 g/mol. The van der Waals surface area contributed by atoms with Gasteiger partial charge in [-0.1, -0.05) is 32.4 Å². The lowest BCUT2D eigenvalue weighted by molar-refractivity contribution is -0.120. The predicted octanol–water partition coefficient (Wildman–Crippen LogP) is 1.88. The minimum Gasteiger partial charge on any atom is -0.481 e. The first kappa shape index (κ1) is 21.2. The van der Waals surface area contributed by atoms with Gasteiger partial charge in [0, 0.05) is 13.1 Å². The fraction of sp³-hybridized carbons (Fsp3) is 0.421. The Morgan fingerprint density at radius 3 is 2.61 bits per heavy atom. The van der Waals surface area contributed by atoms with Gasteiger partial charge < -0.3 is 15.4 Å². The number of anilines is 2. The molecule has 1 heterocycles. The Morgan fingerprint density at radius 1 is 1.25 bits per heavy atom. The number of aromatic nitrogens is 2. The van der Waals surface area contributed by atoms with Crippen molar-refractivity contribution in [2.45, 2.75) is 39.7 Å². The van der Waals surface area contributed by atoms with Gasteiger partial charge in [-0.2, -0.15) is 0 Å². The summed E-state index contributed by atoms with van der Waals surface area (Å²) in [5, 5.41) is 0. The van der Waals surface area contributed by atoms with Crippen LogP contribution < -0.4 is 26.6 Å². The first-order valence-corrected chi connectivity index (χ1v) is 9.20. The van der Waals surface area contributed by atoms with E-state index in [0.29, 0.717) is 19.4 Å². The molecule has 0 saturated carbocycles. The minimum atomic E-state index is -0.745. The van der Waals surface area contributed by atoms with Crippen LogP contribution in [0.15, 0.2) is 33.9 Å². The Hall–Kier alpha value is -3.10. The zero-order valence-electron chi connectivity index (χ0n) is 16.0. The number of rotatable bonds is 9. The molecule has 2 aromatic rings. The smallest absolute Gasteiger partial charge is 0.330 e. The van der Waals surface area contributed by atoms with Crippen LogP contribution in [0, 0.1) is 5.82 Å². The van der Waals surface area contributed by atoms with Gasteiger partial charge in [0.05, 0.1) is 0 Å². The summed E-state index contributed by atoms with van der Waals surface area (Å²) in [4.78, 5) is 40.6. The molecule has 0 aliphatic carbocycles. The van der Waals surface area contributed by atoms with Crippen molar-refractivity contribution in [2.24, 2.45) is 0 Å². The molecule has 0 fully saturated rings. The van der Waals surface area contributed by atoms with Crippen LogP contribution in [0.4, 0.5) is 15.9 Å². The zero-order valence-corrected chi connectivity index (χ0v) is 16.0. The maximum Gasteiger partial charge on any atom is 0.330 e. The van der Waals surface area contributed by atoms with Gasteiger partial charge in [0.15, 0.2) is 23.9 Å². The number of nitrogens with zero attached hydrogens (tertiary/aromatic N) is 2. The Kier molecular flexibility index (Phi) is 7.36. The summed E-state index contributed by atoms with van der Waals surface area (Å²) in [6.45, 7) is 3.84. The molecule has 152 valence electrons. The fourth-order valence-corrected chi connectivity index (χ4v) is 2.74. The average Bonchev–Trinajstić information content (AvgIpc) is 2.66. The van der Waals surface area contributed by atoms with E-state index in [0.717, 1.165) is 6.42 Å². The van der Waals surface area contributed by atoms with Crippen LogP contribution in [0.25, 0.3) is 0 Å². The summed E-state index contributed by atoms with van der Waals surface area (Å²) in [6.07, 6.45) is 2.00. The molecule has 1 aromatic heterocycles. The second kappa shape index (κ2) is 9.72. The van der Waals surface area contributed by atoms with Crippen molar-refractivity contribution < 1.29 is 13.9 Å². The summed E-state index contributed by atoms with van der Waals surface area (Å²) in [7, 11) is 0. The third-order valence-corrected chi connectivity index (χ3v) is 4.16. The second-order valence-electron chi connectivity index (χ2n) is 6.26. The molecule has 1 aromatic carbocycles. The van der Waals surface area contributed by atoms with Crippen LogP contribution in [0.3, 0.4) is 0 Å². The number of H-pyrrole nitrogens is 1. The number of amides is 1. The largest absolute Gasteiger partial charge is 0.481 e. The van der Waals surface area contributed by atoms with Gasteiger partial charge in [0.25, 0.3) is 11.5 Å². The van der Waals surface area contributed by atoms with Gasteiger partial charge in [0.2, 0.25) is 0 Å². The SMILES string of the molecule is CCCCN(C(=O)COc1ccccc1F)c1c(N)n(CCC)c(=O)[nH]c1=O. The van der Waals surface area contributed by atoms with E-state index in [1.54, 1.807) is 6.07 Å². The first-order chi connectivity index (χ1) is 13.4. The van der Waals surface area contributed by atoms with E-state index in [-0.39, 0.29) is 23.8 Å². The van der Waals surface area contributed by atoms with E-state index in [2.05, 4.69) is 4.98 Å². The van der Waals surface area contributed by atoms with Crippen molar-refractivity contribution in [2.75, 3.05) is 23.8 Å². The van der Waals surface area contributed by atoms with Crippen LogP contribution in [-0.4, -0.2) is 28.6 Å². The van der Waals surface area contributed by atoms with Crippen LogP contribution in [-0.2, 0) is 11.3 Å². The van der Waals surface area contributed by atoms with Crippen molar-refractivity contribution in [1.82, 2.24) is 9.55 Å². The van der Waals surface area contributed by atoms with Crippen molar-refractivity contribution in [3.8, 4) is 5.75 Å². The quantitative estimate of drug-likeness (QED) is 0.677. The highest BCUT2D eigenvalue weighted by Gasteiger charge is 2.24. The van der Waals surface area contributed by atoms with Gasteiger partial charge in [-0.25, -0.2) is 9.18 Å². The average molecular weight is 392 g/mol. The highest BCUT2D eigenvalue weighted by Crippen LogP contribution is 2.19. The van der Waals surface area contributed by atoms with E-state index in [1.807, 2.05) is 13.8 Å². The molecule has 28 heavy (non-hydrogen) atoms. The number of aromatic amines is 1. The number of halogens is 1. The van der Waals surface area contributed by atoms with E-state index in [9.17, 15) is 18.8 Å². The van der Waals surface area contributed by atoms with Gasteiger partial charge in [-0.15, -0.1) is 0 Å². The highest BCUT2D eigenvalue weighted by molar-refractivity contribution is 5.96. The number of carbonyl (C=O) groups excluding carboxylic acids is 1. The molecule has 0 saturated heterocycles. The number of ether oxygens (including phenoxy) is 1. The third-order valence-electron chi connectivity index (χ3n) is 4.16. The van der Waals surface area contributed by atoms with E-state index < -0.39 is 29.6 Å². The molecule has 0 bridgehead atoms. The van der Waals surface area contributed by atoms with E-state index >= 15 is 0 Å². The summed E-state index contributed by atoms with van der Waals surface area (Å²) in [6, 6.07) is 5.72. The molecule has 8 nitrogen and oxygen atoms in total.